The Hall–Kier alpha value is -3.77. The summed E-state index contributed by atoms with van der Waals surface area (Å²) in [6.07, 6.45) is -3.71. The number of hydrogen-bond donors (Lipinski definition) is 2. The number of halogens is 3. The first-order valence-corrected chi connectivity index (χ1v) is 13.0. The van der Waals surface area contributed by atoms with Crippen LogP contribution in [0.1, 0.15) is 24.0 Å². The van der Waals surface area contributed by atoms with Gasteiger partial charge >= 0.3 is 6.18 Å². The number of methoxy groups -OCH3 is 2. The molecule has 9 nitrogen and oxygen atoms in total. The number of β-amino-alcohol motifs (C(OH)–C–C–N with tert-alkyl or cyclic N) is 2. The number of rotatable bonds is 7. The van der Waals surface area contributed by atoms with Crippen LogP contribution in [0.2, 0.25) is 0 Å². The highest BCUT2D eigenvalue weighted by Crippen LogP contribution is 2.39. The zero-order valence-electron chi connectivity index (χ0n) is 22.2. The topological polar surface area (TPSA) is 100 Å². The third-order valence-electron chi connectivity index (χ3n) is 7.38. The fourth-order valence-corrected chi connectivity index (χ4v) is 5.46. The fraction of sp³-hybridized carbons (Fsp3) is 0.429. The van der Waals surface area contributed by atoms with Crippen molar-refractivity contribution in [2.75, 3.05) is 56.8 Å². The first-order valence-electron chi connectivity index (χ1n) is 13.0. The summed E-state index contributed by atoms with van der Waals surface area (Å²) in [6.45, 7) is 1.12. The predicted molar refractivity (Wildman–Crippen MR) is 144 cm³/mol. The van der Waals surface area contributed by atoms with Crippen LogP contribution in [0.4, 0.5) is 24.5 Å². The smallest absolute Gasteiger partial charge is 0.418 e. The molecule has 2 N–H and O–H groups in total. The molecular formula is C28H31F3N4O5. The molecule has 214 valence electrons. The Balaban J connectivity index is 1.81. The SMILES string of the molecule is COc1cc(OC)cc(-c2nn(-c3cc(N4CC[C@H](O)C4)ccc3C(F)(F)F)c(=O)c3c2CCCN3CCO)c1. The van der Waals surface area contributed by atoms with Crippen LogP contribution in [0, 0.1) is 0 Å². The lowest BCUT2D eigenvalue weighted by Crippen LogP contribution is -2.40. The Morgan fingerprint density at radius 2 is 1.80 bits per heavy atom. The minimum atomic E-state index is -4.76. The molecule has 3 heterocycles. The number of fused-ring (bicyclic) bond motifs is 1. The molecule has 1 saturated heterocycles. The molecule has 5 rings (SSSR count). The molecule has 12 heteroatoms. The summed E-state index contributed by atoms with van der Waals surface area (Å²) in [5.41, 5.74) is -0.0439. The number of alkyl halides is 3. The number of anilines is 2. The molecule has 2 aliphatic heterocycles. The van der Waals surface area contributed by atoms with Crippen LogP contribution in [0.3, 0.4) is 0 Å². The third-order valence-corrected chi connectivity index (χ3v) is 7.38. The first kappa shape index (κ1) is 27.8. The molecule has 0 bridgehead atoms. The van der Waals surface area contributed by atoms with Crippen LogP contribution in [-0.4, -0.2) is 73.1 Å². The number of nitrogens with zero attached hydrogens (tertiary/aromatic N) is 4. The van der Waals surface area contributed by atoms with E-state index in [-0.39, 0.29) is 25.4 Å². The fourth-order valence-electron chi connectivity index (χ4n) is 5.46. The molecule has 0 radical (unpaired) electrons. The van der Waals surface area contributed by atoms with Crippen LogP contribution in [-0.2, 0) is 12.6 Å². The summed E-state index contributed by atoms with van der Waals surface area (Å²) in [6, 6.07) is 8.65. The lowest BCUT2D eigenvalue weighted by Gasteiger charge is -2.32. The van der Waals surface area contributed by atoms with E-state index in [2.05, 4.69) is 5.10 Å². The van der Waals surface area contributed by atoms with Crippen LogP contribution in [0.5, 0.6) is 11.5 Å². The maximum atomic E-state index is 14.3. The van der Waals surface area contributed by atoms with Crippen LogP contribution in [0.15, 0.2) is 41.2 Å². The number of ether oxygens (including phenoxy) is 2. The van der Waals surface area contributed by atoms with E-state index in [0.29, 0.717) is 66.4 Å². The number of benzene rings is 2. The largest absolute Gasteiger partial charge is 0.497 e. The van der Waals surface area contributed by atoms with E-state index in [1.165, 1.54) is 26.4 Å². The van der Waals surface area contributed by atoms with Crippen molar-refractivity contribution in [3.63, 3.8) is 0 Å². The van der Waals surface area contributed by atoms with Crippen molar-refractivity contribution < 1.29 is 32.9 Å². The van der Waals surface area contributed by atoms with E-state index in [1.54, 1.807) is 28.0 Å². The maximum absolute atomic E-state index is 14.3. The van der Waals surface area contributed by atoms with Crippen molar-refractivity contribution in [3.05, 3.63) is 57.9 Å². The lowest BCUT2D eigenvalue weighted by molar-refractivity contribution is -0.137. The van der Waals surface area contributed by atoms with E-state index >= 15 is 0 Å². The average Bonchev–Trinajstić information content (AvgIpc) is 3.38. The summed E-state index contributed by atoms with van der Waals surface area (Å²) in [4.78, 5) is 17.5. The van der Waals surface area contributed by atoms with Gasteiger partial charge in [0, 0.05) is 49.1 Å². The predicted octanol–water partition coefficient (Wildman–Crippen LogP) is 3.25. The Bertz CT molecular complexity index is 1440. The molecule has 0 aliphatic carbocycles. The zero-order valence-corrected chi connectivity index (χ0v) is 22.2. The monoisotopic (exact) mass is 560 g/mol. The Kier molecular flexibility index (Phi) is 7.65. The highest BCUT2D eigenvalue weighted by Gasteiger charge is 2.37. The molecule has 2 aromatic carbocycles. The van der Waals surface area contributed by atoms with Crippen molar-refractivity contribution in [2.24, 2.45) is 0 Å². The lowest BCUT2D eigenvalue weighted by atomic mass is 9.96. The van der Waals surface area contributed by atoms with Crippen molar-refractivity contribution in [1.29, 1.82) is 0 Å². The highest BCUT2D eigenvalue weighted by atomic mass is 19.4. The molecule has 1 aromatic heterocycles. The standard InChI is InChI=1S/C28H31F3N4O5/c1-39-20-12-17(13-21(15-20)40-2)25-22-4-3-8-33(10-11-36)26(22)27(38)35(32-25)24-14-18(34-9-7-19(37)16-34)5-6-23(24)28(29,30)31/h5-6,12-15,19,36-37H,3-4,7-11,16H2,1-2H3/t19-/m0/s1. The van der Waals surface area contributed by atoms with Gasteiger partial charge in [0.25, 0.3) is 5.56 Å². The van der Waals surface area contributed by atoms with Crippen molar-refractivity contribution in [1.82, 2.24) is 9.78 Å². The molecule has 2 aliphatic rings. The van der Waals surface area contributed by atoms with Gasteiger partial charge in [-0.05, 0) is 49.6 Å². The van der Waals surface area contributed by atoms with Gasteiger partial charge in [-0.15, -0.1) is 0 Å². The quantitative estimate of drug-likeness (QED) is 0.455. The van der Waals surface area contributed by atoms with E-state index in [0.717, 1.165) is 10.7 Å². The molecule has 1 atom stereocenters. The zero-order chi connectivity index (χ0) is 28.6. The number of aliphatic hydroxyl groups is 2. The minimum absolute atomic E-state index is 0.144. The van der Waals surface area contributed by atoms with Crippen LogP contribution in [0.25, 0.3) is 16.9 Å². The van der Waals surface area contributed by atoms with Crippen molar-refractivity contribution in [2.45, 2.75) is 31.5 Å². The van der Waals surface area contributed by atoms with Gasteiger partial charge in [-0.3, -0.25) is 4.79 Å². The van der Waals surface area contributed by atoms with Gasteiger partial charge in [0.15, 0.2) is 0 Å². The normalized spacial score (nSPS) is 17.2. The van der Waals surface area contributed by atoms with E-state index in [4.69, 9.17) is 9.47 Å². The maximum Gasteiger partial charge on any atom is 0.418 e. The van der Waals surface area contributed by atoms with Crippen molar-refractivity contribution in [3.8, 4) is 28.4 Å². The molecule has 40 heavy (non-hydrogen) atoms. The third kappa shape index (κ3) is 5.20. The van der Waals surface area contributed by atoms with Gasteiger partial charge in [-0.25, -0.2) is 0 Å². The molecule has 0 amide bonds. The van der Waals surface area contributed by atoms with E-state index in [9.17, 15) is 28.2 Å². The molecular weight excluding hydrogens is 529 g/mol. The van der Waals surface area contributed by atoms with Crippen LogP contribution < -0.4 is 24.8 Å². The number of hydrogen-bond acceptors (Lipinski definition) is 8. The second-order valence-electron chi connectivity index (χ2n) is 9.90. The van der Waals surface area contributed by atoms with Crippen LogP contribution >= 0.6 is 0 Å². The van der Waals surface area contributed by atoms with Gasteiger partial charge in [-0.1, -0.05) is 0 Å². The summed E-state index contributed by atoms with van der Waals surface area (Å²) in [7, 11) is 2.98. The first-order chi connectivity index (χ1) is 19.1. The molecule has 0 spiro atoms. The van der Waals surface area contributed by atoms with Gasteiger partial charge in [0.05, 0.1) is 43.9 Å². The van der Waals surface area contributed by atoms with Gasteiger partial charge in [0.2, 0.25) is 0 Å². The highest BCUT2D eigenvalue weighted by molar-refractivity contribution is 5.74. The minimum Gasteiger partial charge on any atom is -0.497 e. The number of aliphatic hydroxyl groups excluding tert-OH is 2. The van der Waals surface area contributed by atoms with Gasteiger partial charge in [0.1, 0.15) is 17.2 Å². The average molecular weight is 561 g/mol. The van der Waals surface area contributed by atoms with Gasteiger partial charge in [-0.2, -0.15) is 23.0 Å². The van der Waals surface area contributed by atoms with E-state index in [1.807, 2.05) is 0 Å². The summed E-state index contributed by atoms with van der Waals surface area (Å²) >= 11 is 0. The second-order valence-corrected chi connectivity index (χ2v) is 9.90. The Morgan fingerprint density at radius 1 is 1.07 bits per heavy atom. The molecule has 0 unspecified atom stereocenters. The molecule has 1 fully saturated rings. The Morgan fingerprint density at radius 3 is 2.40 bits per heavy atom. The summed E-state index contributed by atoms with van der Waals surface area (Å²) in [5.74, 6) is 0.910. The Labute approximate surface area is 229 Å². The second kappa shape index (κ2) is 11.0. The summed E-state index contributed by atoms with van der Waals surface area (Å²) < 4.78 is 54.6. The molecule has 0 saturated carbocycles. The summed E-state index contributed by atoms with van der Waals surface area (Å²) in [5, 5.41) is 24.3. The number of aromatic nitrogens is 2. The van der Waals surface area contributed by atoms with E-state index < -0.39 is 29.1 Å². The van der Waals surface area contributed by atoms with Gasteiger partial charge < -0.3 is 29.5 Å². The van der Waals surface area contributed by atoms with Crippen molar-refractivity contribution >= 4 is 11.4 Å². The molecule has 3 aromatic rings.